The predicted molar refractivity (Wildman–Crippen MR) is 40.2 cm³/mol. The molecule has 0 atom stereocenters. The number of nitriles is 2. The van der Waals surface area contributed by atoms with Gasteiger partial charge in [-0.25, -0.2) is 13.2 Å². The largest absolute Gasteiger partial charge is 0.394 e. The number of benzene rings is 1. The quantitative estimate of drug-likeness (QED) is 0.505. The van der Waals surface area contributed by atoms with E-state index in [2.05, 4.69) is 0 Å². The molecule has 0 aromatic heterocycles. The highest BCUT2D eigenvalue weighted by Crippen LogP contribution is 2.25. The van der Waals surface area contributed by atoms with Gasteiger partial charge in [0.2, 0.25) is 0 Å². The molecule has 3 nitrogen and oxygen atoms in total. The fourth-order valence-electron chi connectivity index (χ4n) is 0.888. The van der Waals surface area contributed by atoms with Crippen molar-refractivity contribution in [2.24, 2.45) is 0 Å². The van der Waals surface area contributed by atoms with Gasteiger partial charge in [0.05, 0.1) is 0 Å². The fourth-order valence-corrected chi connectivity index (χ4v) is 0.888. The first kappa shape index (κ1) is 9.87. The number of hydrogen-bond donors (Lipinski definition) is 1. The van der Waals surface area contributed by atoms with Gasteiger partial charge in [0, 0.05) is 0 Å². The van der Waals surface area contributed by atoms with E-state index in [9.17, 15) is 13.2 Å². The first-order chi connectivity index (χ1) is 6.54. The summed E-state index contributed by atoms with van der Waals surface area (Å²) < 4.78 is 38.6. The zero-order valence-corrected chi connectivity index (χ0v) is 6.61. The van der Waals surface area contributed by atoms with Crippen molar-refractivity contribution in [3.8, 4) is 12.1 Å². The molecule has 2 N–H and O–H groups in total. The Bertz CT molecular complexity index is 437. The fraction of sp³-hybridized carbons (Fsp3) is 0. The molecule has 0 bridgehead atoms. The smallest absolute Gasteiger partial charge is 0.186 e. The summed E-state index contributed by atoms with van der Waals surface area (Å²) in [5.41, 5.74) is 1.87. The van der Waals surface area contributed by atoms with Crippen molar-refractivity contribution in [2.75, 3.05) is 5.73 Å². The molecule has 0 unspecified atom stereocenters. The van der Waals surface area contributed by atoms with E-state index in [0.717, 1.165) is 0 Å². The number of rotatable bonds is 0. The van der Waals surface area contributed by atoms with Crippen LogP contribution in [0.1, 0.15) is 11.1 Å². The zero-order valence-electron chi connectivity index (χ0n) is 6.61. The average molecular weight is 197 g/mol. The van der Waals surface area contributed by atoms with Crippen LogP contribution in [-0.2, 0) is 0 Å². The van der Waals surface area contributed by atoms with E-state index in [1.54, 1.807) is 0 Å². The molecule has 0 saturated carbocycles. The Balaban J connectivity index is 3.79. The highest BCUT2D eigenvalue weighted by molar-refractivity contribution is 5.57. The molecular weight excluding hydrogens is 195 g/mol. The summed E-state index contributed by atoms with van der Waals surface area (Å²) in [6.45, 7) is 0. The first-order valence-corrected chi connectivity index (χ1v) is 3.30. The van der Waals surface area contributed by atoms with E-state index in [1.807, 2.05) is 0 Å². The van der Waals surface area contributed by atoms with E-state index in [0.29, 0.717) is 0 Å². The maximum absolute atomic E-state index is 13.0. The lowest BCUT2D eigenvalue weighted by molar-refractivity contribution is 0.496. The molecule has 14 heavy (non-hydrogen) atoms. The molecule has 1 aromatic carbocycles. The summed E-state index contributed by atoms with van der Waals surface area (Å²) in [5.74, 6) is -4.68. The van der Waals surface area contributed by atoms with Gasteiger partial charge in [-0.15, -0.1) is 0 Å². The second kappa shape index (κ2) is 3.27. The van der Waals surface area contributed by atoms with Gasteiger partial charge in [0.1, 0.15) is 29.0 Å². The zero-order chi connectivity index (χ0) is 10.9. The Labute approximate surface area is 76.8 Å². The SMILES string of the molecule is N#Cc1c(F)c(N)c(F)c(F)c1C#N. The second-order valence-electron chi connectivity index (χ2n) is 2.33. The van der Waals surface area contributed by atoms with Crippen LogP contribution < -0.4 is 5.73 Å². The summed E-state index contributed by atoms with van der Waals surface area (Å²) in [7, 11) is 0. The van der Waals surface area contributed by atoms with Crippen molar-refractivity contribution < 1.29 is 13.2 Å². The van der Waals surface area contributed by atoms with E-state index in [4.69, 9.17) is 16.3 Å². The van der Waals surface area contributed by atoms with Crippen molar-refractivity contribution in [1.82, 2.24) is 0 Å². The van der Waals surface area contributed by atoms with Crippen molar-refractivity contribution >= 4 is 5.69 Å². The van der Waals surface area contributed by atoms with Crippen molar-refractivity contribution in [1.29, 1.82) is 10.5 Å². The van der Waals surface area contributed by atoms with E-state index in [-0.39, 0.29) is 0 Å². The third-order valence-corrected chi connectivity index (χ3v) is 1.58. The molecule has 1 aromatic rings. The van der Waals surface area contributed by atoms with Crippen molar-refractivity contribution in [3.05, 3.63) is 28.6 Å². The van der Waals surface area contributed by atoms with Gasteiger partial charge in [-0.1, -0.05) is 0 Å². The van der Waals surface area contributed by atoms with E-state index < -0.39 is 34.3 Å². The minimum Gasteiger partial charge on any atom is -0.394 e. The van der Waals surface area contributed by atoms with Crippen molar-refractivity contribution in [2.45, 2.75) is 0 Å². The molecule has 1 rings (SSSR count). The molecule has 0 heterocycles. The number of nitrogens with zero attached hydrogens (tertiary/aromatic N) is 2. The monoisotopic (exact) mass is 197 g/mol. The first-order valence-electron chi connectivity index (χ1n) is 3.30. The molecule has 0 aliphatic heterocycles. The van der Waals surface area contributed by atoms with Crippen LogP contribution in [0.15, 0.2) is 0 Å². The van der Waals surface area contributed by atoms with Crippen LogP contribution in [0.5, 0.6) is 0 Å². The van der Waals surface area contributed by atoms with Crippen LogP contribution in [-0.4, -0.2) is 0 Å². The average Bonchev–Trinajstić information content (AvgIpc) is 2.20. The Morgan fingerprint density at radius 2 is 1.29 bits per heavy atom. The van der Waals surface area contributed by atoms with Crippen LogP contribution in [0.2, 0.25) is 0 Å². The Kier molecular flexibility index (Phi) is 2.30. The van der Waals surface area contributed by atoms with E-state index in [1.165, 1.54) is 12.1 Å². The molecule has 6 heteroatoms. The lowest BCUT2D eigenvalue weighted by atomic mass is 10.1. The summed E-state index contributed by atoms with van der Waals surface area (Å²) in [6.07, 6.45) is 0. The highest BCUT2D eigenvalue weighted by Gasteiger charge is 2.23. The maximum Gasteiger partial charge on any atom is 0.186 e. The maximum atomic E-state index is 13.0. The predicted octanol–water partition coefficient (Wildman–Crippen LogP) is 1.43. The van der Waals surface area contributed by atoms with Gasteiger partial charge in [-0.3, -0.25) is 0 Å². The normalized spacial score (nSPS) is 9.21. The molecule has 0 saturated heterocycles. The molecule has 0 fully saturated rings. The molecule has 70 valence electrons. The van der Waals surface area contributed by atoms with Gasteiger partial charge in [0.15, 0.2) is 17.5 Å². The van der Waals surface area contributed by atoms with Crippen LogP contribution in [0.3, 0.4) is 0 Å². The summed E-state index contributed by atoms with van der Waals surface area (Å²) in [6, 6.07) is 2.43. The Hall–Kier alpha value is -2.21. The summed E-state index contributed by atoms with van der Waals surface area (Å²) in [4.78, 5) is 0. The Morgan fingerprint density at radius 3 is 1.71 bits per heavy atom. The highest BCUT2D eigenvalue weighted by atomic mass is 19.2. The van der Waals surface area contributed by atoms with Gasteiger partial charge in [-0.2, -0.15) is 10.5 Å². The van der Waals surface area contributed by atoms with Crippen LogP contribution >= 0.6 is 0 Å². The van der Waals surface area contributed by atoms with Crippen molar-refractivity contribution in [3.63, 3.8) is 0 Å². The summed E-state index contributed by atoms with van der Waals surface area (Å²) >= 11 is 0. The van der Waals surface area contributed by atoms with Gasteiger partial charge >= 0.3 is 0 Å². The minimum absolute atomic E-state index is 0.885. The Morgan fingerprint density at radius 1 is 0.857 bits per heavy atom. The van der Waals surface area contributed by atoms with Crippen LogP contribution in [0.4, 0.5) is 18.9 Å². The molecule has 0 amide bonds. The van der Waals surface area contributed by atoms with E-state index >= 15 is 0 Å². The molecular formula is C8H2F3N3. The van der Waals surface area contributed by atoms with Gasteiger partial charge < -0.3 is 5.73 Å². The lowest BCUT2D eigenvalue weighted by Gasteiger charge is -2.03. The summed E-state index contributed by atoms with van der Waals surface area (Å²) in [5, 5.41) is 16.7. The lowest BCUT2D eigenvalue weighted by Crippen LogP contribution is -2.05. The third kappa shape index (κ3) is 1.14. The molecule has 0 aliphatic rings. The molecule has 0 aliphatic carbocycles. The number of nitrogen functional groups attached to an aromatic ring is 1. The standard InChI is InChI=1S/C8H2F3N3/c9-5-3(1-12)4(2-13)6(10)8(14)7(5)11/h14H2. The van der Waals surface area contributed by atoms with Gasteiger partial charge in [-0.05, 0) is 0 Å². The number of nitrogens with two attached hydrogens (primary N) is 1. The molecule has 0 spiro atoms. The molecule has 0 radical (unpaired) electrons. The van der Waals surface area contributed by atoms with Gasteiger partial charge in [0.25, 0.3) is 0 Å². The number of anilines is 1. The van der Waals surface area contributed by atoms with Crippen LogP contribution in [0.25, 0.3) is 0 Å². The third-order valence-electron chi connectivity index (χ3n) is 1.58. The topological polar surface area (TPSA) is 73.6 Å². The second-order valence-corrected chi connectivity index (χ2v) is 2.33. The number of hydrogen-bond acceptors (Lipinski definition) is 3. The minimum atomic E-state index is -1.65. The van der Waals surface area contributed by atoms with Crippen LogP contribution in [0, 0.1) is 40.1 Å². The number of halogens is 3.